The molecule has 5 rings (SSSR count). The van der Waals surface area contributed by atoms with Gasteiger partial charge in [-0.1, -0.05) is 18.2 Å². The molecule has 4 heterocycles. The van der Waals surface area contributed by atoms with Crippen molar-refractivity contribution in [2.75, 3.05) is 44.8 Å². The van der Waals surface area contributed by atoms with Gasteiger partial charge in [0.05, 0.1) is 10.9 Å². The van der Waals surface area contributed by atoms with Gasteiger partial charge in [-0.3, -0.25) is 5.10 Å². The second kappa shape index (κ2) is 10.4. The first-order valence-electron chi connectivity index (χ1n) is 12.1. The van der Waals surface area contributed by atoms with Crippen molar-refractivity contribution in [3.63, 3.8) is 0 Å². The summed E-state index contributed by atoms with van der Waals surface area (Å²) in [5, 5.41) is 8.99. The van der Waals surface area contributed by atoms with Gasteiger partial charge in [0.1, 0.15) is 0 Å². The van der Waals surface area contributed by atoms with Crippen molar-refractivity contribution in [1.29, 1.82) is 0 Å². The zero-order valence-corrected chi connectivity index (χ0v) is 20.4. The van der Waals surface area contributed by atoms with Gasteiger partial charge in [-0.05, 0) is 44.6 Å². The van der Waals surface area contributed by atoms with Gasteiger partial charge >= 0.3 is 6.18 Å². The van der Waals surface area contributed by atoms with Gasteiger partial charge in [-0.25, -0.2) is 25.8 Å². The monoisotopic (exact) mass is 511 g/mol. The molecule has 0 radical (unpaired) electrons. The number of fused-ring (bicyclic) bond motifs is 1. The van der Waals surface area contributed by atoms with Crippen molar-refractivity contribution in [3.05, 3.63) is 59.9 Å². The van der Waals surface area contributed by atoms with E-state index in [2.05, 4.69) is 42.0 Å². The number of nitrogens with zero attached hydrogens (tertiary/aromatic N) is 7. The second-order valence-electron chi connectivity index (χ2n) is 9.15. The molecule has 194 valence electrons. The van der Waals surface area contributed by atoms with Crippen LogP contribution in [0.25, 0.3) is 22.4 Å². The summed E-state index contributed by atoms with van der Waals surface area (Å²) in [6.07, 6.45) is -1.55. The third-order valence-corrected chi connectivity index (χ3v) is 6.53. The number of aromatic amines is 1. The number of piperazine rings is 1. The highest BCUT2D eigenvalue weighted by Gasteiger charge is 2.34. The number of anilines is 2. The molecule has 1 aliphatic rings. The van der Waals surface area contributed by atoms with E-state index in [1.54, 1.807) is 30.5 Å². The number of pyridine rings is 1. The maximum atomic E-state index is 13.8. The Morgan fingerprint density at radius 2 is 1.84 bits per heavy atom. The molecule has 1 aliphatic heterocycles. The number of H-pyrrole nitrogens is 1. The number of alkyl halides is 3. The van der Waals surface area contributed by atoms with Crippen LogP contribution in [0.3, 0.4) is 0 Å². The normalized spacial score (nSPS) is 15.4. The summed E-state index contributed by atoms with van der Waals surface area (Å²) in [6, 6.07) is 10.6. The number of halogens is 3. The van der Waals surface area contributed by atoms with E-state index in [1.165, 1.54) is 17.1 Å². The van der Waals surface area contributed by atoms with E-state index < -0.39 is 11.7 Å². The molecule has 4 aromatic rings. The lowest BCUT2D eigenvalue weighted by Gasteiger charge is -2.32. The summed E-state index contributed by atoms with van der Waals surface area (Å²) in [5.41, 5.74) is 0.254. The van der Waals surface area contributed by atoms with Crippen molar-refractivity contribution < 1.29 is 13.2 Å². The Balaban J connectivity index is 1.48. The Kier molecular flexibility index (Phi) is 7.04. The highest BCUT2D eigenvalue weighted by Crippen LogP contribution is 2.36. The molecule has 0 bridgehead atoms. The highest BCUT2D eigenvalue weighted by atomic mass is 19.4. The number of nitrogens with two attached hydrogens (primary N) is 1. The predicted octanol–water partition coefficient (Wildman–Crippen LogP) is 3.63. The first-order chi connectivity index (χ1) is 17.8. The first kappa shape index (κ1) is 25.1. The highest BCUT2D eigenvalue weighted by molar-refractivity contribution is 5.89. The Hall–Kier alpha value is -3.61. The second-order valence-corrected chi connectivity index (χ2v) is 9.15. The molecular formula is C25H28F3N9. The Morgan fingerprint density at radius 3 is 2.62 bits per heavy atom. The maximum absolute atomic E-state index is 13.8. The molecule has 37 heavy (non-hydrogen) atoms. The molecule has 3 N–H and O–H groups in total. The SMILES string of the molecule is CN1CCN(CCCc2cc(N(N)c3n[nH]c4ncccc34)nc(-c3ccccc3C(F)(F)F)n2)CC1. The number of hydrazine groups is 1. The summed E-state index contributed by atoms with van der Waals surface area (Å²) in [5.74, 6) is 6.99. The lowest BCUT2D eigenvalue weighted by molar-refractivity contribution is -0.137. The van der Waals surface area contributed by atoms with Crippen LogP contribution in [0.5, 0.6) is 0 Å². The van der Waals surface area contributed by atoms with Gasteiger partial charge in [-0.15, -0.1) is 0 Å². The number of aryl methyl sites for hydroxylation is 1. The lowest BCUT2D eigenvalue weighted by atomic mass is 10.1. The maximum Gasteiger partial charge on any atom is 0.417 e. The Bertz CT molecular complexity index is 1360. The summed E-state index contributed by atoms with van der Waals surface area (Å²) in [6.45, 7) is 4.90. The number of likely N-dealkylation sites (N-methyl/N-ethyl adjacent to an activating group) is 1. The minimum Gasteiger partial charge on any atom is -0.304 e. The number of benzene rings is 1. The zero-order chi connectivity index (χ0) is 26.0. The smallest absolute Gasteiger partial charge is 0.304 e. The summed E-state index contributed by atoms with van der Waals surface area (Å²) in [4.78, 5) is 17.9. The lowest BCUT2D eigenvalue weighted by Crippen LogP contribution is -2.44. The molecule has 0 aliphatic carbocycles. The van der Waals surface area contributed by atoms with E-state index in [1.807, 2.05) is 0 Å². The van der Waals surface area contributed by atoms with E-state index >= 15 is 0 Å². The number of aromatic nitrogens is 5. The molecule has 12 heteroatoms. The molecule has 0 atom stereocenters. The van der Waals surface area contributed by atoms with Gasteiger partial charge in [0.25, 0.3) is 0 Å². The fourth-order valence-electron chi connectivity index (χ4n) is 4.47. The standard InChI is InChI=1S/C25H28F3N9/c1-35-12-14-36(15-13-35)11-5-6-17-16-21(37(29)24-19-8-4-10-30-22(19)33-34-24)32-23(31-17)18-7-2-3-9-20(18)25(26,27)28/h2-4,7-10,16H,5-6,11-15,29H2,1H3,(H,30,33,34). The van der Waals surface area contributed by atoms with Gasteiger partial charge in [0.2, 0.25) is 0 Å². The van der Waals surface area contributed by atoms with E-state index in [4.69, 9.17) is 5.84 Å². The molecule has 0 spiro atoms. The Morgan fingerprint density at radius 1 is 1.05 bits per heavy atom. The molecule has 1 aromatic carbocycles. The fourth-order valence-corrected chi connectivity index (χ4v) is 4.47. The van der Waals surface area contributed by atoms with Crippen molar-refractivity contribution in [3.8, 4) is 11.4 Å². The van der Waals surface area contributed by atoms with Crippen molar-refractivity contribution in [2.24, 2.45) is 5.84 Å². The van der Waals surface area contributed by atoms with Gasteiger partial charge in [-0.2, -0.15) is 18.3 Å². The van der Waals surface area contributed by atoms with Gasteiger partial charge in [0, 0.05) is 49.7 Å². The molecular weight excluding hydrogens is 483 g/mol. The molecule has 3 aromatic heterocycles. The fraction of sp³-hybridized carbons (Fsp3) is 0.360. The zero-order valence-electron chi connectivity index (χ0n) is 20.4. The van der Waals surface area contributed by atoms with Crippen molar-refractivity contribution in [1.82, 2.24) is 34.9 Å². The van der Waals surface area contributed by atoms with Crippen LogP contribution in [0.4, 0.5) is 24.8 Å². The number of hydrogen-bond donors (Lipinski definition) is 2. The van der Waals surface area contributed by atoms with Crippen LogP contribution >= 0.6 is 0 Å². The minimum absolute atomic E-state index is 0.0339. The van der Waals surface area contributed by atoms with E-state index in [9.17, 15) is 13.2 Å². The molecule has 1 saturated heterocycles. The van der Waals surface area contributed by atoms with E-state index in [-0.39, 0.29) is 17.2 Å². The van der Waals surface area contributed by atoms with Crippen LogP contribution in [-0.2, 0) is 12.6 Å². The van der Waals surface area contributed by atoms with Crippen LogP contribution < -0.4 is 10.9 Å². The number of nitrogens with one attached hydrogen (secondary N) is 1. The summed E-state index contributed by atoms with van der Waals surface area (Å²) >= 11 is 0. The third kappa shape index (κ3) is 5.55. The summed E-state index contributed by atoms with van der Waals surface area (Å²) < 4.78 is 41.4. The minimum atomic E-state index is -4.55. The predicted molar refractivity (Wildman–Crippen MR) is 135 cm³/mol. The molecule has 0 saturated carbocycles. The first-order valence-corrected chi connectivity index (χ1v) is 12.1. The summed E-state index contributed by atoms with van der Waals surface area (Å²) in [7, 11) is 2.11. The van der Waals surface area contributed by atoms with E-state index in [0.717, 1.165) is 45.2 Å². The van der Waals surface area contributed by atoms with Crippen LogP contribution in [0, 0.1) is 0 Å². The molecule has 0 unspecified atom stereocenters. The molecule has 0 amide bonds. The van der Waals surface area contributed by atoms with Crippen LogP contribution in [-0.4, -0.2) is 74.7 Å². The number of rotatable bonds is 7. The average Bonchev–Trinajstić information content (AvgIpc) is 3.33. The number of hydrogen-bond acceptors (Lipinski definition) is 8. The molecule has 9 nitrogen and oxygen atoms in total. The van der Waals surface area contributed by atoms with Gasteiger partial charge < -0.3 is 9.80 Å². The van der Waals surface area contributed by atoms with Crippen LogP contribution in [0.2, 0.25) is 0 Å². The largest absolute Gasteiger partial charge is 0.417 e. The van der Waals surface area contributed by atoms with Crippen molar-refractivity contribution in [2.45, 2.75) is 19.0 Å². The Labute approximate surface area is 212 Å². The van der Waals surface area contributed by atoms with E-state index in [0.29, 0.717) is 29.0 Å². The van der Waals surface area contributed by atoms with Crippen LogP contribution in [0.15, 0.2) is 48.7 Å². The van der Waals surface area contributed by atoms with Crippen molar-refractivity contribution >= 4 is 22.7 Å². The quantitative estimate of drug-likeness (QED) is 0.287. The topological polar surface area (TPSA) is 103 Å². The third-order valence-electron chi connectivity index (χ3n) is 6.53. The van der Waals surface area contributed by atoms with Crippen LogP contribution in [0.1, 0.15) is 17.7 Å². The van der Waals surface area contributed by atoms with Gasteiger partial charge in [0.15, 0.2) is 23.1 Å². The molecule has 1 fully saturated rings. The average molecular weight is 512 g/mol.